The van der Waals surface area contributed by atoms with Gasteiger partial charge in [0.15, 0.2) is 5.82 Å². The van der Waals surface area contributed by atoms with Gasteiger partial charge in [-0.2, -0.15) is 5.10 Å². The Morgan fingerprint density at radius 1 is 1.00 bits per heavy atom. The third-order valence-electron chi connectivity index (χ3n) is 5.58. The lowest BCUT2D eigenvalue weighted by Gasteiger charge is -2.41. The topological polar surface area (TPSA) is 58.0 Å². The van der Waals surface area contributed by atoms with Crippen molar-refractivity contribution in [3.05, 3.63) is 71.3 Å². The average molecular weight is 374 g/mol. The molecule has 1 saturated heterocycles. The van der Waals surface area contributed by atoms with Gasteiger partial charge in [-0.05, 0) is 37.5 Å². The van der Waals surface area contributed by atoms with Crippen LogP contribution in [0.5, 0.6) is 0 Å². The van der Waals surface area contributed by atoms with Gasteiger partial charge < -0.3 is 9.80 Å². The first kappa shape index (κ1) is 18.3. The van der Waals surface area contributed by atoms with Crippen LogP contribution in [0.15, 0.2) is 48.9 Å². The minimum absolute atomic E-state index is 0.330. The van der Waals surface area contributed by atoms with Crippen molar-refractivity contribution >= 4 is 11.6 Å². The van der Waals surface area contributed by atoms with Crippen LogP contribution in [0.1, 0.15) is 29.3 Å². The van der Waals surface area contributed by atoms with Gasteiger partial charge in [0, 0.05) is 44.5 Å². The zero-order valence-electron chi connectivity index (χ0n) is 16.7. The van der Waals surface area contributed by atoms with E-state index in [2.05, 4.69) is 75.0 Å². The van der Waals surface area contributed by atoms with E-state index in [9.17, 15) is 0 Å². The average Bonchev–Trinajstić information content (AvgIpc) is 2.73. The Bertz CT molecular complexity index is 929. The normalized spacial score (nSPS) is 17.0. The number of hydrogen-bond acceptors (Lipinski definition) is 6. The highest BCUT2D eigenvalue weighted by Gasteiger charge is 2.27. The van der Waals surface area contributed by atoms with Crippen molar-refractivity contribution in [1.29, 1.82) is 0 Å². The molecule has 0 unspecified atom stereocenters. The fourth-order valence-corrected chi connectivity index (χ4v) is 3.83. The molecule has 1 atom stereocenters. The first-order chi connectivity index (χ1) is 13.6. The highest BCUT2D eigenvalue weighted by atomic mass is 15.3. The van der Waals surface area contributed by atoms with Gasteiger partial charge in [-0.1, -0.05) is 30.3 Å². The van der Waals surface area contributed by atoms with Gasteiger partial charge >= 0.3 is 0 Å². The first-order valence-corrected chi connectivity index (χ1v) is 9.77. The summed E-state index contributed by atoms with van der Waals surface area (Å²) in [5, 5.41) is 9.20. The van der Waals surface area contributed by atoms with Crippen molar-refractivity contribution in [2.45, 2.75) is 33.2 Å². The van der Waals surface area contributed by atoms with Crippen LogP contribution in [0, 0.1) is 13.8 Å². The van der Waals surface area contributed by atoms with E-state index in [4.69, 9.17) is 0 Å². The van der Waals surface area contributed by atoms with E-state index in [-0.39, 0.29) is 0 Å². The van der Waals surface area contributed by atoms with Crippen LogP contribution in [0.2, 0.25) is 0 Å². The molecule has 0 amide bonds. The molecule has 6 heteroatoms. The molecule has 0 saturated carbocycles. The predicted molar refractivity (Wildman–Crippen MR) is 112 cm³/mol. The maximum absolute atomic E-state index is 4.62. The zero-order chi connectivity index (χ0) is 19.5. The van der Waals surface area contributed by atoms with Gasteiger partial charge in [-0.15, -0.1) is 5.10 Å². The third kappa shape index (κ3) is 3.67. The van der Waals surface area contributed by atoms with Crippen molar-refractivity contribution in [1.82, 2.24) is 20.2 Å². The standard InChI is InChI=1S/C22H26N6/c1-16-15-27(11-12-28(16)21-14-23-9-10-24-21)22-18(3)17(2)20(25-26-22)13-19-7-5-4-6-8-19/h4-10,14,16H,11-13,15H2,1-3H3/t16-/m1/s1. The molecule has 3 aromatic rings. The van der Waals surface area contributed by atoms with E-state index < -0.39 is 0 Å². The van der Waals surface area contributed by atoms with E-state index >= 15 is 0 Å². The molecule has 0 bridgehead atoms. The molecule has 1 aromatic carbocycles. The molecule has 144 valence electrons. The smallest absolute Gasteiger partial charge is 0.154 e. The SMILES string of the molecule is Cc1c(Cc2ccccc2)nnc(N2CCN(c3cnccn3)[C@H](C)C2)c1C. The Labute approximate surface area is 166 Å². The minimum Gasteiger partial charge on any atom is -0.351 e. The molecular weight excluding hydrogens is 348 g/mol. The number of hydrogen-bond donors (Lipinski definition) is 0. The van der Waals surface area contributed by atoms with Crippen LogP contribution in [-0.4, -0.2) is 45.8 Å². The molecule has 3 heterocycles. The number of piperazine rings is 1. The summed E-state index contributed by atoms with van der Waals surface area (Å²) < 4.78 is 0. The molecule has 0 radical (unpaired) electrons. The summed E-state index contributed by atoms with van der Waals surface area (Å²) in [6.45, 7) is 9.22. The fraction of sp³-hybridized carbons (Fsp3) is 0.364. The third-order valence-corrected chi connectivity index (χ3v) is 5.58. The fourth-order valence-electron chi connectivity index (χ4n) is 3.83. The summed E-state index contributed by atoms with van der Waals surface area (Å²) in [5.41, 5.74) is 4.77. The lowest BCUT2D eigenvalue weighted by atomic mass is 10.0. The number of benzene rings is 1. The van der Waals surface area contributed by atoms with E-state index in [0.717, 1.165) is 43.4 Å². The zero-order valence-corrected chi connectivity index (χ0v) is 16.7. The monoisotopic (exact) mass is 374 g/mol. The van der Waals surface area contributed by atoms with Crippen molar-refractivity contribution < 1.29 is 0 Å². The molecule has 0 aliphatic carbocycles. The molecule has 1 fully saturated rings. The van der Waals surface area contributed by atoms with Gasteiger partial charge in [0.05, 0.1) is 11.9 Å². The molecule has 6 nitrogen and oxygen atoms in total. The second kappa shape index (κ2) is 7.92. The summed E-state index contributed by atoms with van der Waals surface area (Å²) in [6, 6.07) is 10.8. The molecule has 28 heavy (non-hydrogen) atoms. The van der Waals surface area contributed by atoms with Crippen LogP contribution in [0.3, 0.4) is 0 Å². The van der Waals surface area contributed by atoms with E-state index in [1.54, 1.807) is 12.4 Å². The minimum atomic E-state index is 0.330. The van der Waals surface area contributed by atoms with Crippen LogP contribution < -0.4 is 9.80 Å². The Morgan fingerprint density at radius 3 is 2.54 bits per heavy atom. The Balaban J connectivity index is 1.51. The Hall–Kier alpha value is -3.02. The summed E-state index contributed by atoms with van der Waals surface area (Å²) in [4.78, 5) is 13.3. The molecule has 1 aliphatic heterocycles. The lowest BCUT2D eigenvalue weighted by molar-refractivity contribution is 0.539. The summed E-state index contributed by atoms with van der Waals surface area (Å²) in [6.07, 6.45) is 6.11. The van der Waals surface area contributed by atoms with Gasteiger partial charge in [-0.25, -0.2) is 4.98 Å². The maximum atomic E-state index is 4.62. The van der Waals surface area contributed by atoms with Crippen LogP contribution in [0.4, 0.5) is 11.6 Å². The van der Waals surface area contributed by atoms with Crippen molar-refractivity contribution in [2.75, 3.05) is 29.4 Å². The highest BCUT2D eigenvalue weighted by Crippen LogP contribution is 2.26. The second-order valence-corrected chi connectivity index (χ2v) is 7.43. The summed E-state index contributed by atoms with van der Waals surface area (Å²) in [7, 11) is 0. The summed E-state index contributed by atoms with van der Waals surface area (Å²) >= 11 is 0. The lowest BCUT2D eigenvalue weighted by Crippen LogP contribution is -2.53. The second-order valence-electron chi connectivity index (χ2n) is 7.43. The molecule has 2 aromatic heterocycles. The van der Waals surface area contributed by atoms with Gasteiger partial charge in [0.1, 0.15) is 5.82 Å². The first-order valence-electron chi connectivity index (χ1n) is 9.77. The predicted octanol–water partition coefficient (Wildman–Crippen LogP) is 3.19. The maximum Gasteiger partial charge on any atom is 0.154 e. The molecule has 4 rings (SSSR count). The van der Waals surface area contributed by atoms with Crippen LogP contribution in [0.25, 0.3) is 0 Å². The number of aromatic nitrogens is 4. The number of nitrogens with zero attached hydrogens (tertiary/aromatic N) is 6. The molecule has 0 N–H and O–H groups in total. The van der Waals surface area contributed by atoms with Crippen LogP contribution in [-0.2, 0) is 6.42 Å². The number of rotatable bonds is 4. The van der Waals surface area contributed by atoms with E-state index in [1.807, 2.05) is 12.3 Å². The van der Waals surface area contributed by atoms with E-state index in [0.29, 0.717) is 6.04 Å². The summed E-state index contributed by atoms with van der Waals surface area (Å²) in [5.74, 6) is 1.94. The van der Waals surface area contributed by atoms with Crippen molar-refractivity contribution in [3.63, 3.8) is 0 Å². The largest absolute Gasteiger partial charge is 0.351 e. The quantitative estimate of drug-likeness (QED) is 0.699. The Morgan fingerprint density at radius 2 is 1.82 bits per heavy atom. The van der Waals surface area contributed by atoms with E-state index in [1.165, 1.54) is 16.7 Å². The van der Waals surface area contributed by atoms with Gasteiger partial charge in [-0.3, -0.25) is 4.98 Å². The van der Waals surface area contributed by atoms with Gasteiger partial charge in [0.25, 0.3) is 0 Å². The number of anilines is 2. The highest BCUT2D eigenvalue weighted by molar-refractivity contribution is 5.52. The Kier molecular flexibility index (Phi) is 5.19. The van der Waals surface area contributed by atoms with Gasteiger partial charge in [0.2, 0.25) is 0 Å². The van der Waals surface area contributed by atoms with Crippen molar-refractivity contribution in [3.8, 4) is 0 Å². The molecular formula is C22H26N6. The van der Waals surface area contributed by atoms with Crippen LogP contribution >= 0.6 is 0 Å². The molecule has 1 aliphatic rings. The van der Waals surface area contributed by atoms with Crippen molar-refractivity contribution in [2.24, 2.45) is 0 Å². The molecule has 0 spiro atoms.